The highest BCUT2D eigenvalue weighted by Gasteiger charge is 2.21. The molecule has 0 nitrogen and oxygen atoms in total. The molecule has 0 aliphatic heterocycles. The van der Waals surface area contributed by atoms with E-state index < -0.39 is 0 Å². The highest BCUT2D eigenvalue weighted by atomic mass is 14.2. The molecule has 7 rings (SSSR count). The molecule has 0 atom stereocenters. The van der Waals surface area contributed by atoms with E-state index in [-0.39, 0.29) is 0 Å². The first kappa shape index (κ1) is 19.3. The summed E-state index contributed by atoms with van der Waals surface area (Å²) in [5.41, 5.74) is 8.16. The monoisotopic (exact) mass is 432 g/mol. The number of hydrogen-bond donors (Lipinski definition) is 0. The molecule has 0 fully saturated rings. The normalized spacial score (nSPS) is 13.2. The number of fused-ring (bicyclic) bond motifs is 4. The average Bonchev–Trinajstić information content (AvgIpc) is 2.91. The molecule has 0 heteroatoms. The number of hydrogen-bond acceptors (Lipinski definition) is 0. The van der Waals surface area contributed by atoms with Crippen LogP contribution < -0.4 is 0 Å². The molecular formula is C34H24. The van der Waals surface area contributed by atoms with Crippen LogP contribution in [0.15, 0.2) is 121 Å². The average molecular weight is 433 g/mol. The maximum atomic E-state index is 2.45. The van der Waals surface area contributed by atoms with Crippen molar-refractivity contribution in [3.05, 3.63) is 138 Å². The van der Waals surface area contributed by atoms with Crippen molar-refractivity contribution in [1.29, 1.82) is 0 Å². The van der Waals surface area contributed by atoms with Crippen LogP contribution in [0.2, 0.25) is 0 Å². The minimum Gasteiger partial charge on any atom is -0.0757 e. The SMILES string of the molecule is C1=C(c2c3ccccc3c(-c3ccc4ccccc4c3)c3ccccc23)c2ccccc2CC1. The summed E-state index contributed by atoms with van der Waals surface area (Å²) in [6.07, 6.45) is 4.65. The first-order valence-electron chi connectivity index (χ1n) is 12.1. The van der Waals surface area contributed by atoms with Crippen LogP contribution >= 0.6 is 0 Å². The maximum Gasteiger partial charge on any atom is -0.00235 e. The van der Waals surface area contributed by atoms with Gasteiger partial charge in [-0.05, 0) is 84.6 Å². The van der Waals surface area contributed by atoms with Crippen molar-refractivity contribution >= 4 is 37.9 Å². The van der Waals surface area contributed by atoms with Crippen molar-refractivity contribution in [1.82, 2.24) is 0 Å². The molecule has 0 N–H and O–H groups in total. The second-order valence-electron chi connectivity index (χ2n) is 9.22. The molecule has 1 aliphatic carbocycles. The van der Waals surface area contributed by atoms with Crippen molar-refractivity contribution in [3.63, 3.8) is 0 Å². The molecule has 160 valence electrons. The second-order valence-corrected chi connectivity index (χ2v) is 9.22. The lowest BCUT2D eigenvalue weighted by atomic mass is 9.80. The van der Waals surface area contributed by atoms with Crippen LogP contribution in [-0.4, -0.2) is 0 Å². The predicted octanol–water partition coefficient (Wildman–Crippen LogP) is 9.19. The minimum atomic E-state index is 1.08. The lowest BCUT2D eigenvalue weighted by molar-refractivity contribution is 0.978. The van der Waals surface area contributed by atoms with E-state index in [0.29, 0.717) is 0 Å². The summed E-state index contributed by atoms with van der Waals surface area (Å²) in [5.74, 6) is 0. The third-order valence-electron chi connectivity index (χ3n) is 7.31. The van der Waals surface area contributed by atoms with Crippen LogP contribution in [0.5, 0.6) is 0 Å². The standard InChI is InChI=1S/C34H24/c1-2-12-25-22-26(21-20-23(25)10-1)33-29-15-5-7-17-31(29)34(32-18-8-6-16-30(32)33)28-19-9-13-24-11-3-4-14-27(24)28/h1-8,10-12,14-22H,9,13H2. The molecule has 0 unspecified atom stereocenters. The van der Waals surface area contributed by atoms with Gasteiger partial charge in [0.1, 0.15) is 0 Å². The highest BCUT2D eigenvalue weighted by Crippen LogP contribution is 2.45. The Morgan fingerprint density at radius 1 is 0.471 bits per heavy atom. The highest BCUT2D eigenvalue weighted by molar-refractivity contribution is 6.20. The smallest absolute Gasteiger partial charge is 0.00235 e. The van der Waals surface area contributed by atoms with Gasteiger partial charge < -0.3 is 0 Å². The Balaban J connectivity index is 1.61. The Hall–Kier alpha value is -4.16. The number of aryl methyl sites for hydroxylation is 1. The van der Waals surface area contributed by atoms with E-state index in [1.165, 1.54) is 65.7 Å². The molecule has 0 amide bonds. The molecule has 0 bridgehead atoms. The molecule has 0 heterocycles. The summed E-state index contributed by atoms with van der Waals surface area (Å²) >= 11 is 0. The zero-order valence-corrected chi connectivity index (χ0v) is 19.0. The van der Waals surface area contributed by atoms with Crippen molar-refractivity contribution in [2.24, 2.45) is 0 Å². The van der Waals surface area contributed by atoms with E-state index >= 15 is 0 Å². The third kappa shape index (κ3) is 2.92. The fraction of sp³-hybridized carbons (Fsp3) is 0.0588. The van der Waals surface area contributed by atoms with E-state index in [2.05, 4.69) is 121 Å². The molecule has 6 aromatic carbocycles. The summed E-state index contributed by atoms with van der Waals surface area (Å²) in [7, 11) is 0. The Morgan fingerprint density at radius 2 is 1.06 bits per heavy atom. The van der Waals surface area contributed by atoms with Crippen molar-refractivity contribution in [3.8, 4) is 11.1 Å². The summed E-state index contributed by atoms with van der Waals surface area (Å²) in [4.78, 5) is 0. The van der Waals surface area contributed by atoms with Gasteiger partial charge in [0.25, 0.3) is 0 Å². The van der Waals surface area contributed by atoms with E-state index in [1.807, 2.05) is 0 Å². The van der Waals surface area contributed by atoms with Gasteiger partial charge in [-0.3, -0.25) is 0 Å². The van der Waals surface area contributed by atoms with Gasteiger partial charge in [-0.25, -0.2) is 0 Å². The fourth-order valence-corrected chi connectivity index (χ4v) is 5.79. The predicted molar refractivity (Wildman–Crippen MR) is 146 cm³/mol. The summed E-state index contributed by atoms with van der Waals surface area (Å²) in [5, 5.41) is 7.84. The molecule has 0 saturated carbocycles. The largest absolute Gasteiger partial charge is 0.0757 e. The van der Waals surface area contributed by atoms with Gasteiger partial charge in [0, 0.05) is 0 Å². The maximum absolute atomic E-state index is 2.45. The third-order valence-corrected chi connectivity index (χ3v) is 7.31. The van der Waals surface area contributed by atoms with Gasteiger partial charge >= 0.3 is 0 Å². The zero-order chi connectivity index (χ0) is 22.5. The van der Waals surface area contributed by atoms with E-state index in [9.17, 15) is 0 Å². The Labute approximate surface area is 199 Å². The Morgan fingerprint density at radius 3 is 1.79 bits per heavy atom. The minimum absolute atomic E-state index is 1.08. The van der Waals surface area contributed by atoms with Crippen LogP contribution in [0.25, 0.3) is 49.0 Å². The molecule has 0 saturated heterocycles. The van der Waals surface area contributed by atoms with Crippen LogP contribution in [0.1, 0.15) is 23.1 Å². The van der Waals surface area contributed by atoms with Gasteiger partial charge in [-0.2, -0.15) is 0 Å². The van der Waals surface area contributed by atoms with Crippen molar-refractivity contribution < 1.29 is 0 Å². The lowest BCUT2D eigenvalue weighted by Gasteiger charge is -2.23. The molecule has 34 heavy (non-hydrogen) atoms. The van der Waals surface area contributed by atoms with Gasteiger partial charge in [-0.15, -0.1) is 0 Å². The summed E-state index contributed by atoms with van der Waals surface area (Å²) in [6, 6.07) is 42.3. The molecule has 0 radical (unpaired) electrons. The lowest BCUT2D eigenvalue weighted by Crippen LogP contribution is -2.02. The number of rotatable bonds is 2. The summed E-state index contributed by atoms with van der Waals surface area (Å²) in [6.45, 7) is 0. The first-order chi connectivity index (χ1) is 16.9. The second kappa shape index (κ2) is 7.71. The van der Waals surface area contributed by atoms with Crippen molar-refractivity contribution in [2.45, 2.75) is 12.8 Å². The van der Waals surface area contributed by atoms with Gasteiger partial charge in [0.15, 0.2) is 0 Å². The van der Waals surface area contributed by atoms with Crippen molar-refractivity contribution in [2.75, 3.05) is 0 Å². The molecule has 0 spiro atoms. The van der Waals surface area contributed by atoms with E-state index in [0.717, 1.165) is 12.8 Å². The molecular weight excluding hydrogens is 408 g/mol. The van der Waals surface area contributed by atoms with Gasteiger partial charge in [0.2, 0.25) is 0 Å². The van der Waals surface area contributed by atoms with E-state index in [1.54, 1.807) is 0 Å². The summed E-state index contributed by atoms with van der Waals surface area (Å²) < 4.78 is 0. The Kier molecular flexibility index (Phi) is 4.38. The molecule has 1 aliphatic rings. The topological polar surface area (TPSA) is 0 Å². The van der Waals surface area contributed by atoms with Crippen LogP contribution in [0.4, 0.5) is 0 Å². The van der Waals surface area contributed by atoms with Crippen LogP contribution in [0.3, 0.4) is 0 Å². The fourth-order valence-electron chi connectivity index (χ4n) is 5.79. The van der Waals surface area contributed by atoms with E-state index in [4.69, 9.17) is 0 Å². The van der Waals surface area contributed by atoms with Gasteiger partial charge in [0.05, 0.1) is 0 Å². The quantitative estimate of drug-likeness (QED) is 0.239. The van der Waals surface area contributed by atoms with Crippen LogP contribution in [-0.2, 0) is 6.42 Å². The number of allylic oxidation sites excluding steroid dienone is 1. The zero-order valence-electron chi connectivity index (χ0n) is 19.0. The van der Waals surface area contributed by atoms with Crippen LogP contribution in [0, 0.1) is 0 Å². The number of benzene rings is 6. The molecule has 0 aromatic heterocycles. The molecule has 6 aromatic rings. The Bertz CT molecular complexity index is 1690. The first-order valence-corrected chi connectivity index (χ1v) is 12.1. The van der Waals surface area contributed by atoms with Gasteiger partial charge in [-0.1, -0.05) is 115 Å².